The number of nitrogens with one attached hydrogen (secondary N) is 1. The van der Waals surface area contributed by atoms with Gasteiger partial charge in [-0.2, -0.15) is 0 Å². The second-order valence-corrected chi connectivity index (χ2v) is 4.36. The minimum atomic E-state index is 0.890. The lowest BCUT2D eigenvalue weighted by molar-refractivity contribution is 0.668. The average molecular weight is 221 g/mol. The van der Waals surface area contributed by atoms with E-state index in [1.54, 1.807) is 0 Å². The lowest BCUT2D eigenvalue weighted by Gasteiger charge is -2.11. The van der Waals surface area contributed by atoms with Gasteiger partial charge in [0.25, 0.3) is 0 Å². The largest absolute Gasteiger partial charge is 0.456 e. The van der Waals surface area contributed by atoms with E-state index in [1.165, 1.54) is 21.9 Å². The molecule has 4 rings (SSSR count). The second kappa shape index (κ2) is 3.14. The molecule has 0 unspecified atom stereocenters. The lowest BCUT2D eigenvalue weighted by Crippen LogP contribution is -2.09. The first-order valence-corrected chi connectivity index (χ1v) is 5.76. The average Bonchev–Trinajstić information content (AvgIpc) is 2.73. The zero-order chi connectivity index (χ0) is 11.2. The van der Waals surface area contributed by atoms with E-state index in [4.69, 9.17) is 4.42 Å². The summed E-state index contributed by atoms with van der Waals surface area (Å²) in [6.07, 6.45) is 4.07. The third-order valence-corrected chi connectivity index (χ3v) is 3.31. The molecule has 82 valence electrons. The van der Waals surface area contributed by atoms with E-state index >= 15 is 0 Å². The summed E-state index contributed by atoms with van der Waals surface area (Å²) in [5.74, 6) is 0. The molecule has 2 heterocycles. The summed E-state index contributed by atoms with van der Waals surface area (Å²) in [4.78, 5) is 0. The van der Waals surface area contributed by atoms with Gasteiger partial charge in [0.05, 0.1) is 0 Å². The van der Waals surface area contributed by atoms with Gasteiger partial charge in [-0.1, -0.05) is 18.2 Å². The Morgan fingerprint density at radius 3 is 2.94 bits per heavy atom. The summed E-state index contributed by atoms with van der Waals surface area (Å²) >= 11 is 0. The van der Waals surface area contributed by atoms with E-state index in [-0.39, 0.29) is 0 Å². The summed E-state index contributed by atoms with van der Waals surface area (Å²) in [5, 5.41) is 5.63. The van der Waals surface area contributed by atoms with Gasteiger partial charge in [0.1, 0.15) is 11.2 Å². The van der Waals surface area contributed by atoms with E-state index in [1.807, 2.05) is 18.3 Å². The first-order chi connectivity index (χ1) is 8.42. The quantitative estimate of drug-likeness (QED) is 0.626. The van der Waals surface area contributed by atoms with Crippen molar-refractivity contribution in [3.8, 4) is 0 Å². The minimum absolute atomic E-state index is 0.890. The number of benzene rings is 2. The van der Waals surface area contributed by atoms with Crippen LogP contribution in [0.3, 0.4) is 0 Å². The van der Waals surface area contributed by atoms with Crippen molar-refractivity contribution in [1.82, 2.24) is 5.32 Å². The van der Waals surface area contributed by atoms with Crippen LogP contribution < -0.4 is 5.32 Å². The Bertz CT molecular complexity index is 752. The predicted molar refractivity (Wildman–Crippen MR) is 69.6 cm³/mol. The predicted octanol–water partition coefficient (Wildman–Crippen LogP) is 3.66. The Balaban J connectivity index is 2.16. The Labute approximate surface area is 98.5 Å². The van der Waals surface area contributed by atoms with Gasteiger partial charge in [0, 0.05) is 17.3 Å². The summed E-state index contributed by atoms with van der Waals surface area (Å²) < 4.78 is 5.86. The Morgan fingerprint density at radius 2 is 1.94 bits per heavy atom. The first kappa shape index (κ1) is 8.88. The van der Waals surface area contributed by atoms with Gasteiger partial charge >= 0.3 is 0 Å². The minimum Gasteiger partial charge on any atom is -0.456 e. The first-order valence-electron chi connectivity index (χ1n) is 5.76. The van der Waals surface area contributed by atoms with Gasteiger partial charge in [-0.15, -0.1) is 0 Å². The molecule has 1 aliphatic rings. The monoisotopic (exact) mass is 221 g/mol. The van der Waals surface area contributed by atoms with Crippen molar-refractivity contribution in [3.63, 3.8) is 0 Å². The van der Waals surface area contributed by atoms with E-state index in [0.717, 1.165) is 17.7 Å². The molecule has 0 amide bonds. The fraction of sp³-hybridized carbons (Fsp3) is 0.0667. The van der Waals surface area contributed by atoms with Crippen LogP contribution in [0, 0.1) is 0 Å². The van der Waals surface area contributed by atoms with Gasteiger partial charge in [0.15, 0.2) is 0 Å². The Hall–Kier alpha value is -2.22. The van der Waals surface area contributed by atoms with Crippen LogP contribution in [0.15, 0.2) is 47.0 Å². The highest BCUT2D eigenvalue weighted by molar-refractivity contribution is 6.05. The Morgan fingerprint density at radius 1 is 1.00 bits per heavy atom. The van der Waals surface area contributed by atoms with E-state index in [2.05, 4.69) is 35.7 Å². The molecule has 0 atom stereocenters. The summed E-state index contributed by atoms with van der Waals surface area (Å²) in [5.41, 5.74) is 4.50. The van der Waals surface area contributed by atoms with Crippen LogP contribution in [0.5, 0.6) is 0 Å². The third-order valence-electron chi connectivity index (χ3n) is 3.31. The number of rotatable bonds is 0. The highest BCUT2D eigenvalue weighted by Crippen LogP contribution is 2.31. The van der Waals surface area contributed by atoms with E-state index < -0.39 is 0 Å². The van der Waals surface area contributed by atoms with Crippen LogP contribution in [0.1, 0.15) is 11.1 Å². The SMILES string of the molecule is C1=Cc2cc3oc4ccccc4c3cc2CN1. The fourth-order valence-electron chi connectivity index (χ4n) is 2.46. The number of hydrogen-bond acceptors (Lipinski definition) is 2. The number of furan rings is 1. The maximum atomic E-state index is 5.86. The molecule has 1 aromatic heterocycles. The molecule has 2 aromatic carbocycles. The van der Waals surface area contributed by atoms with Crippen molar-refractivity contribution >= 4 is 28.0 Å². The molecule has 17 heavy (non-hydrogen) atoms. The standard InChI is InChI=1S/C15H11NO/c1-2-4-14-12(3-1)13-7-11-9-16-6-5-10(11)8-15(13)17-14/h1-8,16H,9H2. The summed E-state index contributed by atoms with van der Waals surface area (Å²) in [7, 11) is 0. The molecule has 0 radical (unpaired) electrons. The lowest BCUT2D eigenvalue weighted by atomic mass is 10.0. The fourth-order valence-corrected chi connectivity index (χ4v) is 2.46. The molecular weight excluding hydrogens is 210 g/mol. The topological polar surface area (TPSA) is 25.2 Å². The molecule has 0 spiro atoms. The van der Waals surface area contributed by atoms with Crippen molar-refractivity contribution < 1.29 is 4.42 Å². The number of hydrogen-bond donors (Lipinski definition) is 1. The molecule has 1 N–H and O–H groups in total. The van der Waals surface area contributed by atoms with Gasteiger partial charge in [-0.25, -0.2) is 0 Å². The van der Waals surface area contributed by atoms with Crippen molar-refractivity contribution in [3.05, 3.63) is 53.7 Å². The molecule has 0 fully saturated rings. The zero-order valence-electron chi connectivity index (χ0n) is 9.23. The molecule has 1 aliphatic heterocycles. The molecule has 2 nitrogen and oxygen atoms in total. The zero-order valence-corrected chi connectivity index (χ0v) is 9.23. The van der Waals surface area contributed by atoms with Crippen LogP contribution in [-0.4, -0.2) is 0 Å². The number of para-hydroxylation sites is 1. The van der Waals surface area contributed by atoms with Crippen molar-refractivity contribution in [1.29, 1.82) is 0 Å². The van der Waals surface area contributed by atoms with Crippen molar-refractivity contribution in [2.75, 3.05) is 0 Å². The second-order valence-electron chi connectivity index (χ2n) is 4.36. The maximum absolute atomic E-state index is 5.86. The molecule has 0 saturated heterocycles. The van der Waals surface area contributed by atoms with Gasteiger partial charge in [0.2, 0.25) is 0 Å². The maximum Gasteiger partial charge on any atom is 0.136 e. The van der Waals surface area contributed by atoms with Crippen LogP contribution in [0.4, 0.5) is 0 Å². The Kier molecular flexibility index (Phi) is 1.64. The van der Waals surface area contributed by atoms with Crippen LogP contribution in [-0.2, 0) is 6.54 Å². The van der Waals surface area contributed by atoms with Gasteiger partial charge < -0.3 is 9.73 Å². The summed E-state index contributed by atoms with van der Waals surface area (Å²) in [6.45, 7) is 0.890. The van der Waals surface area contributed by atoms with Crippen molar-refractivity contribution in [2.24, 2.45) is 0 Å². The van der Waals surface area contributed by atoms with Crippen LogP contribution in [0.25, 0.3) is 28.0 Å². The molecule has 0 bridgehead atoms. The smallest absolute Gasteiger partial charge is 0.136 e. The van der Waals surface area contributed by atoms with E-state index in [9.17, 15) is 0 Å². The summed E-state index contributed by atoms with van der Waals surface area (Å²) in [6, 6.07) is 12.5. The third kappa shape index (κ3) is 1.21. The molecular formula is C15H11NO. The normalized spacial score (nSPS) is 13.9. The molecule has 0 aliphatic carbocycles. The van der Waals surface area contributed by atoms with Gasteiger partial charge in [-0.3, -0.25) is 0 Å². The highest BCUT2D eigenvalue weighted by atomic mass is 16.3. The van der Waals surface area contributed by atoms with Crippen LogP contribution >= 0.6 is 0 Å². The van der Waals surface area contributed by atoms with E-state index in [0.29, 0.717) is 0 Å². The molecule has 2 heteroatoms. The van der Waals surface area contributed by atoms with Crippen molar-refractivity contribution in [2.45, 2.75) is 6.54 Å². The number of fused-ring (bicyclic) bond motifs is 4. The van der Waals surface area contributed by atoms with Gasteiger partial charge in [-0.05, 0) is 41.6 Å². The molecule has 0 saturated carbocycles. The highest BCUT2D eigenvalue weighted by Gasteiger charge is 2.11. The molecule has 3 aromatic rings. The van der Waals surface area contributed by atoms with Crippen LogP contribution in [0.2, 0.25) is 0 Å².